The molecule has 2 N–H and O–H groups in total. The number of hydrogen-bond acceptors (Lipinski definition) is 2. The van der Waals surface area contributed by atoms with Crippen molar-refractivity contribution in [2.24, 2.45) is 0 Å². The zero-order valence-corrected chi connectivity index (χ0v) is 13.9. The van der Waals surface area contributed by atoms with E-state index in [1.807, 2.05) is 18.2 Å². The second kappa shape index (κ2) is 6.53. The van der Waals surface area contributed by atoms with Crippen molar-refractivity contribution in [1.82, 2.24) is 4.57 Å². The van der Waals surface area contributed by atoms with Crippen LogP contribution in [0.25, 0.3) is 10.9 Å². The molecule has 0 fully saturated rings. The first kappa shape index (κ1) is 16.6. The second-order valence-corrected chi connectivity index (χ2v) is 6.87. The van der Waals surface area contributed by atoms with Crippen molar-refractivity contribution in [3.8, 4) is 0 Å². The van der Waals surface area contributed by atoms with E-state index in [2.05, 4.69) is 43.6 Å². The molecule has 1 heterocycles. The lowest BCUT2D eigenvalue weighted by molar-refractivity contribution is -0.105. The van der Waals surface area contributed by atoms with Gasteiger partial charge in [0.05, 0.1) is 6.10 Å². The van der Waals surface area contributed by atoms with Gasteiger partial charge in [0.25, 0.3) is 0 Å². The van der Waals surface area contributed by atoms with Crippen LogP contribution in [0.5, 0.6) is 0 Å². The first-order valence-corrected chi connectivity index (χ1v) is 7.89. The molecule has 0 bridgehead atoms. The van der Waals surface area contributed by atoms with Crippen LogP contribution in [0.2, 0.25) is 0 Å². The lowest BCUT2D eigenvalue weighted by atomic mass is 9.92. The molecular formula is C18H26N2O2. The number of aromatic nitrogens is 1. The van der Waals surface area contributed by atoms with Crippen LogP contribution in [-0.4, -0.2) is 22.2 Å². The van der Waals surface area contributed by atoms with Gasteiger partial charge in [-0.05, 0) is 30.7 Å². The molecule has 22 heavy (non-hydrogen) atoms. The van der Waals surface area contributed by atoms with Crippen molar-refractivity contribution in [2.45, 2.75) is 58.6 Å². The summed E-state index contributed by atoms with van der Waals surface area (Å²) in [5.41, 5.74) is 3.06. The Bertz CT molecular complexity index is 653. The van der Waals surface area contributed by atoms with Crippen molar-refractivity contribution in [3.63, 3.8) is 0 Å². The minimum Gasteiger partial charge on any atom is -0.391 e. The van der Waals surface area contributed by atoms with Crippen LogP contribution in [-0.2, 0) is 16.8 Å². The summed E-state index contributed by atoms with van der Waals surface area (Å²) in [4.78, 5) is 10.6. The van der Waals surface area contributed by atoms with Gasteiger partial charge in [-0.2, -0.15) is 0 Å². The van der Waals surface area contributed by atoms with Crippen molar-refractivity contribution >= 4 is 23.0 Å². The van der Waals surface area contributed by atoms with Crippen LogP contribution in [0, 0.1) is 0 Å². The van der Waals surface area contributed by atoms with Crippen molar-refractivity contribution in [3.05, 3.63) is 30.0 Å². The molecule has 1 amide bonds. The Labute approximate surface area is 132 Å². The SMILES string of the molecule is CCCC(O)Cn1c(C(C)(C)C)cc2cc(NC=O)ccc21. The average molecular weight is 302 g/mol. The number of rotatable bonds is 6. The molecule has 4 nitrogen and oxygen atoms in total. The summed E-state index contributed by atoms with van der Waals surface area (Å²) >= 11 is 0. The van der Waals surface area contributed by atoms with Gasteiger partial charge in [0.15, 0.2) is 0 Å². The molecule has 0 radical (unpaired) electrons. The number of nitrogens with zero attached hydrogens (tertiary/aromatic N) is 1. The van der Waals surface area contributed by atoms with E-state index in [1.165, 1.54) is 5.69 Å². The van der Waals surface area contributed by atoms with E-state index in [-0.39, 0.29) is 11.5 Å². The number of fused-ring (bicyclic) bond motifs is 1. The van der Waals surface area contributed by atoms with Gasteiger partial charge in [-0.3, -0.25) is 4.79 Å². The number of hydrogen-bond donors (Lipinski definition) is 2. The highest BCUT2D eigenvalue weighted by Crippen LogP contribution is 2.31. The molecule has 4 heteroatoms. The third kappa shape index (κ3) is 3.50. The van der Waals surface area contributed by atoms with Gasteiger partial charge < -0.3 is 15.0 Å². The van der Waals surface area contributed by atoms with Crippen LogP contribution in [0.3, 0.4) is 0 Å². The van der Waals surface area contributed by atoms with Gasteiger partial charge in [-0.1, -0.05) is 34.1 Å². The zero-order valence-electron chi connectivity index (χ0n) is 13.9. The van der Waals surface area contributed by atoms with E-state index in [4.69, 9.17) is 0 Å². The number of nitrogens with one attached hydrogen (secondary N) is 1. The number of anilines is 1. The topological polar surface area (TPSA) is 54.3 Å². The lowest BCUT2D eigenvalue weighted by Crippen LogP contribution is -2.23. The van der Waals surface area contributed by atoms with Crippen molar-refractivity contribution in [1.29, 1.82) is 0 Å². The third-order valence-corrected chi connectivity index (χ3v) is 3.91. The minimum absolute atomic E-state index is 0.0107. The molecule has 0 aliphatic heterocycles. The van der Waals surface area contributed by atoms with E-state index in [0.29, 0.717) is 13.0 Å². The Hall–Kier alpha value is -1.81. The van der Waals surface area contributed by atoms with Gasteiger partial charge in [-0.15, -0.1) is 0 Å². The summed E-state index contributed by atoms with van der Waals surface area (Å²) in [6, 6.07) is 8.03. The number of benzene rings is 1. The molecule has 0 aliphatic carbocycles. The normalized spacial score (nSPS) is 13.3. The Morgan fingerprint density at radius 1 is 1.32 bits per heavy atom. The maximum Gasteiger partial charge on any atom is 0.211 e. The zero-order chi connectivity index (χ0) is 16.3. The number of carbonyl (C=O) groups excluding carboxylic acids is 1. The predicted octanol–water partition coefficient (Wildman–Crippen LogP) is 3.67. The molecule has 1 aromatic heterocycles. The fourth-order valence-corrected chi connectivity index (χ4v) is 2.88. The van der Waals surface area contributed by atoms with Gasteiger partial charge in [0, 0.05) is 34.2 Å². The molecule has 2 aromatic rings. The van der Waals surface area contributed by atoms with Gasteiger partial charge >= 0.3 is 0 Å². The standard InChI is InChI=1S/C18H26N2O2/c1-5-6-15(22)11-20-16-8-7-14(19-12-21)9-13(16)10-17(20)18(2,3)4/h7-10,12,15,22H,5-6,11H2,1-4H3,(H,19,21). The summed E-state index contributed by atoms with van der Waals surface area (Å²) in [6.07, 6.45) is 2.12. The molecule has 0 spiro atoms. The van der Waals surface area contributed by atoms with Crippen LogP contribution in [0.1, 0.15) is 46.2 Å². The Morgan fingerprint density at radius 2 is 2.05 bits per heavy atom. The van der Waals surface area contributed by atoms with E-state index in [9.17, 15) is 9.90 Å². The fraction of sp³-hybridized carbons (Fsp3) is 0.500. The lowest BCUT2D eigenvalue weighted by Gasteiger charge is -2.23. The van der Waals surface area contributed by atoms with Crippen LogP contribution >= 0.6 is 0 Å². The van der Waals surface area contributed by atoms with Gasteiger partial charge in [-0.25, -0.2) is 0 Å². The highest BCUT2D eigenvalue weighted by atomic mass is 16.3. The predicted molar refractivity (Wildman–Crippen MR) is 91.2 cm³/mol. The van der Waals surface area contributed by atoms with E-state index in [0.717, 1.165) is 29.4 Å². The highest BCUT2D eigenvalue weighted by molar-refractivity contribution is 5.87. The molecule has 2 rings (SSSR count). The van der Waals surface area contributed by atoms with Crippen LogP contribution in [0.15, 0.2) is 24.3 Å². The first-order valence-electron chi connectivity index (χ1n) is 7.89. The van der Waals surface area contributed by atoms with Crippen molar-refractivity contribution in [2.75, 3.05) is 5.32 Å². The molecule has 0 saturated carbocycles. The Balaban J connectivity index is 2.51. The third-order valence-electron chi connectivity index (χ3n) is 3.91. The summed E-state index contributed by atoms with van der Waals surface area (Å²) in [5, 5.41) is 14.0. The van der Waals surface area contributed by atoms with E-state index >= 15 is 0 Å². The smallest absolute Gasteiger partial charge is 0.211 e. The average Bonchev–Trinajstić information content (AvgIpc) is 2.77. The van der Waals surface area contributed by atoms with Crippen LogP contribution < -0.4 is 5.32 Å². The Kier molecular flexibility index (Phi) is 4.91. The van der Waals surface area contributed by atoms with Gasteiger partial charge in [0.2, 0.25) is 6.41 Å². The fourth-order valence-electron chi connectivity index (χ4n) is 2.88. The van der Waals surface area contributed by atoms with Crippen LogP contribution in [0.4, 0.5) is 5.69 Å². The Morgan fingerprint density at radius 3 is 2.64 bits per heavy atom. The number of carbonyl (C=O) groups is 1. The first-order chi connectivity index (χ1) is 10.4. The minimum atomic E-state index is -0.338. The van der Waals surface area contributed by atoms with E-state index < -0.39 is 0 Å². The molecule has 1 unspecified atom stereocenters. The molecule has 1 atom stereocenters. The van der Waals surface area contributed by atoms with Crippen molar-refractivity contribution < 1.29 is 9.90 Å². The number of aliphatic hydroxyl groups is 1. The molecule has 1 aromatic carbocycles. The summed E-state index contributed by atoms with van der Waals surface area (Å²) in [6.45, 7) is 9.21. The highest BCUT2D eigenvalue weighted by Gasteiger charge is 2.22. The molecule has 0 aliphatic rings. The number of aliphatic hydroxyl groups excluding tert-OH is 1. The molecular weight excluding hydrogens is 276 g/mol. The monoisotopic (exact) mass is 302 g/mol. The molecule has 120 valence electrons. The maximum atomic E-state index is 10.6. The second-order valence-electron chi connectivity index (χ2n) is 6.87. The largest absolute Gasteiger partial charge is 0.391 e. The number of amides is 1. The maximum absolute atomic E-state index is 10.6. The summed E-state index contributed by atoms with van der Waals surface area (Å²) < 4.78 is 2.21. The van der Waals surface area contributed by atoms with E-state index in [1.54, 1.807) is 0 Å². The van der Waals surface area contributed by atoms with Gasteiger partial charge in [0.1, 0.15) is 0 Å². The summed E-state index contributed by atoms with van der Waals surface area (Å²) in [5.74, 6) is 0. The summed E-state index contributed by atoms with van der Waals surface area (Å²) in [7, 11) is 0. The molecule has 0 saturated heterocycles. The quantitative estimate of drug-likeness (QED) is 0.800.